The van der Waals surface area contributed by atoms with Crippen LogP contribution in [0.1, 0.15) is 25.0 Å². The van der Waals surface area contributed by atoms with Crippen LogP contribution >= 0.6 is 11.3 Å². The first-order valence-electron chi connectivity index (χ1n) is 18.7. The lowest BCUT2D eigenvalue weighted by atomic mass is 9.80. The number of hydrogen-bond donors (Lipinski definition) is 0. The predicted molar refractivity (Wildman–Crippen MR) is 229 cm³/mol. The summed E-state index contributed by atoms with van der Waals surface area (Å²) in [6.07, 6.45) is 0. The SMILES string of the molecule is CC1(C)c2ccc(-c3ccc4c(c3)c3cc(-c5ccc6sc7ccccc7c6c5)ccc3n4-c3ccccc3)cc2-c2ccc3oc4ccccc4c3c21. The van der Waals surface area contributed by atoms with E-state index in [-0.39, 0.29) is 5.41 Å². The van der Waals surface area contributed by atoms with E-state index in [0.717, 1.165) is 11.2 Å². The van der Waals surface area contributed by atoms with Crippen LogP contribution in [0.3, 0.4) is 0 Å². The molecule has 11 aromatic rings. The third kappa shape index (κ3) is 4.10. The Morgan fingerprint density at radius 2 is 1.07 bits per heavy atom. The van der Waals surface area contributed by atoms with Crippen LogP contribution < -0.4 is 0 Å². The summed E-state index contributed by atoms with van der Waals surface area (Å²) in [5, 5.41) is 7.59. The van der Waals surface area contributed by atoms with Crippen LogP contribution in [-0.4, -0.2) is 4.57 Å². The fourth-order valence-electron chi connectivity index (χ4n) is 9.46. The van der Waals surface area contributed by atoms with Crippen LogP contribution in [0.25, 0.3) is 103 Å². The van der Waals surface area contributed by atoms with E-state index >= 15 is 0 Å². The Balaban J connectivity index is 1.05. The molecule has 8 aromatic carbocycles. The molecule has 254 valence electrons. The Hall–Kier alpha value is -6.42. The molecule has 0 spiro atoms. The summed E-state index contributed by atoms with van der Waals surface area (Å²) >= 11 is 1.87. The molecule has 0 unspecified atom stereocenters. The van der Waals surface area contributed by atoms with E-state index in [9.17, 15) is 0 Å². The van der Waals surface area contributed by atoms with Gasteiger partial charge in [-0.2, -0.15) is 0 Å². The Morgan fingerprint density at radius 1 is 0.463 bits per heavy atom. The standard InChI is InChI=1S/C51H33NOS/c1-51(2)42-21-16-30(26-38(42)36-20-24-46-49(50(36)51)37-13-6-8-14-45(37)53-46)31-17-22-43-39(27-31)40-28-32(18-23-44(40)52(43)34-10-4-3-5-11-34)33-19-25-48-41(29-33)35-12-7-9-15-47(35)54-48/h3-29H,1-2H3. The summed E-state index contributed by atoms with van der Waals surface area (Å²) in [4.78, 5) is 0. The van der Waals surface area contributed by atoms with Gasteiger partial charge in [0.15, 0.2) is 0 Å². The highest BCUT2D eigenvalue weighted by atomic mass is 32.1. The van der Waals surface area contributed by atoms with Gasteiger partial charge in [-0.15, -0.1) is 11.3 Å². The molecule has 54 heavy (non-hydrogen) atoms. The third-order valence-electron chi connectivity index (χ3n) is 12.0. The topological polar surface area (TPSA) is 18.1 Å². The molecule has 1 aliphatic rings. The van der Waals surface area contributed by atoms with Gasteiger partial charge in [-0.3, -0.25) is 0 Å². The number of furan rings is 1. The van der Waals surface area contributed by atoms with Crippen molar-refractivity contribution in [3.05, 3.63) is 175 Å². The molecule has 0 bridgehead atoms. The van der Waals surface area contributed by atoms with Crippen molar-refractivity contribution in [3.8, 4) is 39.1 Å². The average Bonchev–Trinajstić information content (AvgIpc) is 3.94. The Labute approximate surface area is 316 Å². The van der Waals surface area contributed by atoms with E-state index in [4.69, 9.17) is 4.42 Å². The number of nitrogens with zero attached hydrogens (tertiary/aromatic N) is 1. The zero-order valence-electron chi connectivity index (χ0n) is 29.9. The molecule has 0 saturated carbocycles. The van der Waals surface area contributed by atoms with Crippen molar-refractivity contribution in [3.63, 3.8) is 0 Å². The van der Waals surface area contributed by atoms with Crippen molar-refractivity contribution in [2.75, 3.05) is 0 Å². The van der Waals surface area contributed by atoms with Gasteiger partial charge in [-0.1, -0.05) is 105 Å². The summed E-state index contributed by atoms with van der Waals surface area (Å²) < 4.78 is 11.4. The number of rotatable bonds is 3. The monoisotopic (exact) mass is 707 g/mol. The Kier molecular flexibility index (Phi) is 6.03. The fourth-order valence-corrected chi connectivity index (χ4v) is 10.5. The summed E-state index contributed by atoms with van der Waals surface area (Å²) in [6.45, 7) is 4.72. The van der Waals surface area contributed by atoms with E-state index in [0.29, 0.717) is 0 Å². The molecule has 0 N–H and O–H groups in total. The van der Waals surface area contributed by atoms with Crippen LogP contribution in [0, 0.1) is 0 Å². The van der Waals surface area contributed by atoms with Crippen molar-refractivity contribution in [2.45, 2.75) is 19.3 Å². The van der Waals surface area contributed by atoms with E-state index in [1.807, 2.05) is 11.3 Å². The second-order valence-electron chi connectivity index (χ2n) is 15.3. The molecule has 3 aromatic heterocycles. The van der Waals surface area contributed by atoms with Crippen LogP contribution in [0.15, 0.2) is 168 Å². The quantitative estimate of drug-likeness (QED) is 0.179. The highest BCUT2D eigenvalue weighted by Gasteiger charge is 2.38. The lowest BCUT2D eigenvalue weighted by molar-refractivity contribution is 0.657. The maximum atomic E-state index is 6.34. The van der Waals surface area contributed by atoms with Crippen molar-refractivity contribution >= 4 is 75.3 Å². The molecule has 0 saturated heterocycles. The van der Waals surface area contributed by atoms with Crippen LogP contribution in [0.5, 0.6) is 0 Å². The lowest BCUT2D eigenvalue weighted by Gasteiger charge is -2.22. The normalized spacial score (nSPS) is 13.5. The zero-order valence-corrected chi connectivity index (χ0v) is 30.7. The second-order valence-corrected chi connectivity index (χ2v) is 16.4. The third-order valence-corrected chi connectivity index (χ3v) is 13.1. The van der Waals surface area contributed by atoms with Gasteiger partial charge < -0.3 is 8.98 Å². The molecule has 0 radical (unpaired) electrons. The first-order chi connectivity index (χ1) is 26.5. The fraction of sp³-hybridized carbons (Fsp3) is 0.0588. The summed E-state index contributed by atoms with van der Waals surface area (Å²) in [7, 11) is 0. The van der Waals surface area contributed by atoms with Crippen molar-refractivity contribution in [2.24, 2.45) is 0 Å². The molecule has 0 amide bonds. The number of hydrogen-bond acceptors (Lipinski definition) is 2. The number of para-hydroxylation sites is 2. The van der Waals surface area contributed by atoms with E-state index < -0.39 is 0 Å². The summed E-state index contributed by atoms with van der Waals surface area (Å²) in [6, 6.07) is 60.4. The molecule has 1 aliphatic carbocycles. The minimum atomic E-state index is -0.156. The zero-order chi connectivity index (χ0) is 35.7. The highest BCUT2D eigenvalue weighted by molar-refractivity contribution is 7.25. The van der Waals surface area contributed by atoms with E-state index in [1.54, 1.807) is 0 Å². The molecule has 2 nitrogen and oxygen atoms in total. The molecule has 3 heteroatoms. The molecule has 3 heterocycles. The molecular formula is C51H33NOS. The van der Waals surface area contributed by atoms with Gasteiger partial charge in [0.2, 0.25) is 0 Å². The molecule has 12 rings (SSSR count). The Morgan fingerprint density at radius 3 is 1.85 bits per heavy atom. The molecule has 0 aliphatic heterocycles. The number of aromatic nitrogens is 1. The van der Waals surface area contributed by atoms with Crippen molar-refractivity contribution < 1.29 is 4.42 Å². The van der Waals surface area contributed by atoms with Gasteiger partial charge in [-0.05, 0) is 117 Å². The predicted octanol–water partition coefficient (Wildman–Crippen LogP) is 14.7. The minimum Gasteiger partial charge on any atom is -0.456 e. The number of benzene rings is 8. The van der Waals surface area contributed by atoms with Crippen LogP contribution in [0.2, 0.25) is 0 Å². The van der Waals surface area contributed by atoms with Gasteiger partial charge in [0, 0.05) is 52.8 Å². The molecule has 0 fully saturated rings. The highest BCUT2D eigenvalue weighted by Crippen LogP contribution is 2.54. The van der Waals surface area contributed by atoms with Gasteiger partial charge in [-0.25, -0.2) is 0 Å². The van der Waals surface area contributed by atoms with Gasteiger partial charge in [0.1, 0.15) is 11.2 Å². The number of thiophene rings is 1. The molecule has 0 atom stereocenters. The summed E-state index contributed by atoms with van der Waals surface area (Å²) in [5.41, 5.74) is 15.6. The first kappa shape index (κ1) is 30.1. The van der Waals surface area contributed by atoms with Gasteiger partial charge in [0.25, 0.3) is 0 Å². The van der Waals surface area contributed by atoms with Crippen molar-refractivity contribution in [1.82, 2.24) is 4.57 Å². The maximum Gasteiger partial charge on any atom is 0.135 e. The van der Waals surface area contributed by atoms with Gasteiger partial charge in [0.05, 0.1) is 11.0 Å². The van der Waals surface area contributed by atoms with Crippen LogP contribution in [0.4, 0.5) is 0 Å². The minimum absolute atomic E-state index is 0.156. The average molecular weight is 708 g/mol. The smallest absolute Gasteiger partial charge is 0.135 e. The van der Waals surface area contributed by atoms with Crippen LogP contribution in [-0.2, 0) is 5.41 Å². The van der Waals surface area contributed by atoms with E-state index in [1.165, 1.54) is 103 Å². The first-order valence-corrected chi connectivity index (χ1v) is 19.5. The second kappa shape index (κ2) is 10.8. The molecular weight excluding hydrogens is 675 g/mol. The van der Waals surface area contributed by atoms with Crippen molar-refractivity contribution in [1.29, 1.82) is 0 Å². The van der Waals surface area contributed by atoms with Gasteiger partial charge >= 0.3 is 0 Å². The largest absolute Gasteiger partial charge is 0.456 e. The Bertz CT molecular complexity index is 3360. The maximum absolute atomic E-state index is 6.34. The number of fused-ring (bicyclic) bond motifs is 13. The lowest BCUT2D eigenvalue weighted by Crippen LogP contribution is -2.15. The van der Waals surface area contributed by atoms with E-state index in [2.05, 4.69) is 182 Å². The summed E-state index contributed by atoms with van der Waals surface area (Å²) in [5.74, 6) is 0.